The maximum Gasteiger partial charge on any atom is 0.126 e. The van der Waals surface area contributed by atoms with Crippen molar-refractivity contribution in [2.24, 2.45) is 5.41 Å². The molecule has 1 saturated carbocycles. The van der Waals surface area contributed by atoms with E-state index in [4.69, 9.17) is 4.74 Å². The van der Waals surface area contributed by atoms with Gasteiger partial charge in [0.05, 0.1) is 11.7 Å². The predicted octanol–water partition coefficient (Wildman–Crippen LogP) is 3.96. The molecule has 1 aromatic rings. The average Bonchev–Trinajstić information content (AvgIpc) is 2.42. The van der Waals surface area contributed by atoms with Crippen LogP contribution in [0.1, 0.15) is 51.2 Å². The van der Waals surface area contributed by atoms with Crippen molar-refractivity contribution in [3.63, 3.8) is 0 Å². The van der Waals surface area contributed by atoms with E-state index in [-0.39, 0.29) is 11.7 Å². The van der Waals surface area contributed by atoms with E-state index in [1.54, 1.807) is 0 Å². The van der Waals surface area contributed by atoms with Crippen LogP contribution in [-0.4, -0.2) is 18.7 Å². The highest BCUT2D eigenvalue weighted by molar-refractivity contribution is 5.21. The molecule has 0 aromatic heterocycles. The quantitative estimate of drug-likeness (QED) is 0.846. The van der Waals surface area contributed by atoms with E-state index in [0.717, 1.165) is 38.3 Å². The zero-order valence-corrected chi connectivity index (χ0v) is 12.7. The van der Waals surface area contributed by atoms with Gasteiger partial charge in [0.25, 0.3) is 0 Å². The molecule has 2 aliphatic rings. The van der Waals surface area contributed by atoms with Crippen molar-refractivity contribution < 1.29 is 13.5 Å². The molecule has 21 heavy (non-hydrogen) atoms. The molecule has 0 bridgehead atoms. The summed E-state index contributed by atoms with van der Waals surface area (Å²) in [4.78, 5) is 0. The van der Waals surface area contributed by atoms with Crippen molar-refractivity contribution in [1.82, 2.24) is 5.32 Å². The lowest BCUT2D eigenvalue weighted by Crippen LogP contribution is -2.53. The van der Waals surface area contributed by atoms with Gasteiger partial charge in [-0.2, -0.15) is 0 Å². The van der Waals surface area contributed by atoms with Crippen LogP contribution in [0.4, 0.5) is 8.78 Å². The summed E-state index contributed by atoms with van der Waals surface area (Å²) in [7, 11) is 0. The Labute approximate surface area is 124 Å². The van der Waals surface area contributed by atoms with Crippen LogP contribution >= 0.6 is 0 Å². The smallest absolute Gasteiger partial charge is 0.126 e. The standard InChI is InChI=1S/C17H23F2NO/c1-16(2)3-5-17(6-4-16)11-20-10-15(21-17)12-7-13(18)9-14(19)8-12/h7-9,15,20H,3-6,10-11H2,1-2H3. The molecular formula is C17H23F2NO. The highest BCUT2D eigenvalue weighted by Crippen LogP contribution is 2.44. The third-order valence-electron chi connectivity index (χ3n) is 4.94. The molecule has 1 saturated heterocycles. The number of hydrogen-bond acceptors (Lipinski definition) is 2. The monoisotopic (exact) mass is 295 g/mol. The zero-order chi connectivity index (χ0) is 15.1. The van der Waals surface area contributed by atoms with Crippen LogP contribution in [0.5, 0.6) is 0 Å². The predicted molar refractivity (Wildman–Crippen MR) is 78.0 cm³/mol. The number of nitrogens with one attached hydrogen (secondary N) is 1. The summed E-state index contributed by atoms with van der Waals surface area (Å²) in [6, 6.07) is 3.65. The van der Waals surface area contributed by atoms with Gasteiger partial charge in [0.15, 0.2) is 0 Å². The lowest BCUT2D eigenvalue weighted by atomic mass is 9.70. The average molecular weight is 295 g/mol. The van der Waals surface area contributed by atoms with Crippen molar-refractivity contribution in [3.8, 4) is 0 Å². The molecule has 116 valence electrons. The van der Waals surface area contributed by atoms with Crippen LogP contribution in [0.25, 0.3) is 0 Å². The molecule has 1 spiro atoms. The molecule has 2 fully saturated rings. The lowest BCUT2D eigenvalue weighted by Gasteiger charge is -2.48. The zero-order valence-electron chi connectivity index (χ0n) is 12.7. The van der Waals surface area contributed by atoms with Gasteiger partial charge in [-0.3, -0.25) is 0 Å². The van der Waals surface area contributed by atoms with Crippen LogP contribution in [-0.2, 0) is 4.74 Å². The fourth-order valence-electron chi connectivity index (χ4n) is 3.44. The first kappa shape index (κ1) is 14.9. The summed E-state index contributed by atoms with van der Waals surface area (Å²) in [5.74, 6) is -1.09. The maximum atomic E-state index is 13.4. The summed E-state index contributed by atoms with van der Waals surface area (Å²) in [6.45, 7) is 6.01. The Morgan fingerprint density at radius 1 is 1.05 bits per heavy atom. The van der Waals surface area contributed by atoms with Gasteiger partial charge >= 0.3 is 0 Å². The van der Waals surface area contributed by atoms with E-state index in [2.05, 4.69) is 19.2 Å². The molecule has 0 radical (unpaired) electrons. The van der Waals surface area contributed by atoms with Gasteiger partial charge in [0.2, 0.25) is 0 Å². The fourth-order valence-corrected chi connectivity index (χ4v) is 3.44. The van der Waals surface area contributed by atoms with E-state index in [1.807, 2.05) is 0 Å². The first-order valence-electron chi connectivity index (χ1n) is 7.72. The fraction of sp³-hybridized carbons (Fsp3) is 0.647. The molecule has 3 rings (SSSR count). The van der Waals surface area contributed by atoms with Gasteiger partial charge in [0, 0.05) is 19.2 Å². The minimum Gasteiger partial charge on any atom is -0.364 e. The summed E-state index contributed by atoms with van der Waals surface area (Å²) < 4.78 is 33.1. The summed E-state index contributed by atoms with van der Waals surface area (Å²) in [6.07, 6.45) is 3.98. The van der Waals surface area contributed by atoms with Crippen LogP contribution in [0.15, 0.2) is 18.2 Å². The maximum absolute atomic E-state index is 13.4. The highest BCUT2D eigenvalue weighted by Gasteiger charge is 2.42. The second-order valence-corrected chi connectivity index (χ2v) is 7.29. The number of morpholine rings is 1. The van der Waals surface area contributed by atoms with E-state index in [0.29, 0.717) is 17.5 Å². The summed E-state index contributed by atoms with van der Waals surface area (Å²) in [5, 5.41) is 3.39. The topological polar surface area (TPSA) is 21.3 Å². The Hall–Kier alpha value is -1.00. The van der Waals surface area contributed by atoms with E-state index in [1.165, 1.54) is 12.1 Å². The van der Waals surface area contributed by atoms with Gasteiger partial charge < -0.3 is 10.1 Å². The minimum atomic E-state index is -0.544. The van der Waals surface area contributed by atoms with Crippen molar-refractivity contribution in [1.29, 1.82) is 0 Å². The molecule has 0 amide bonds. The molecule has 1 aromatic carbocycles. The third kappa shape index (κ3) is 3.27. The Balaban J connectivity index is 1.77. The van der Waals surface area contributed by atoms with Gasteiger partial charge in [-0.1, -0.05) is 13.8 Å². The van der Waals surface area contributed by atoms with Gasteiger partial charge in [0.1, 0.15) is 11.6 Å². The van der Waals surface area contributed by atoms with Crippen molar-refractivity contribution in [2.45, 2.75) is 51.2 Å². The number of rotatable bonds is 1. The van der Waals surface area contributed by atoms with Gasteiger partial charge in [-0.15, -0.1) is 0 Å². The van der Waals surface area contributed by atoms with Crippen molar-refractivity contribution >= 4 is 0 Å². The van der Waals surface area contributed by atoms with Crippen molar-refractivity contribution in [2.75, 3.05) is 13.1 Å². The van der Waals surface area contributed by atoms with Crippen LogP contribution < -0.4 is 5.32 Å². The molecule has 2 nitrogen and oxygen atoms in total. The number of ether oxygens (including phenoxy) is 1. The van der Waals surface area contributed by atoms with E-state index in [9.17, 15) is 8.78 Å². The molecule has 1 heterocycles. The third-order valence-corrected chi connectivity index (χ3v) is 4.94. The molecule has 1 N–H and O–H groups in total. The number of benzene rings is 1. The van der Waals surface area contributed by atoms with Crippen molar-refractivity contribution in [3.05, 3.63) is 35.4 Å². The normalized spacial score (nSPS) is 27.7. The molecule has 1 aliphatic heterocycles. The molecule has 4 heteroatoms. The van der Waals surface area contributed by atoms with E-state index >= 15 is 0 Å². The molecule has 1 aliphatic carbocycles. The SMILES string of the molecule is CC1(C)CCC2(CC1)CNCC(c1cc(F)cc(F)c1)O2. The van der Waals surface area contributed by atoms with Crippen LogP contribution in [0, 0.1) is 17.0 Å². The van der Waals surface area contributed by atoms with Gasteiger partial charge in [-0.25, -0.2) is 8.78 Å². The minimum absolute atomic E-state index is 0.179. The largest absolute Gasteiger partial charge is 0.364 e. The second kappa shape index (κ2) is 5.33. The Bertz CT molecular complexity index is 499. The summed E-state index contributed by atoms with van der Waals surface area (Å²) >= 11 is 0. The molecule has 1 atom stereocenters. The second-order valence-electron chi connectivity index (χ2n) is 7.29. The van der Waals surface area contributed by atoms with Crippen LogP contribution in [0.2, 0.25) is 0 Å². The Morgan fingerprint density at radius 3 is 2.29 bits per heavy atom. The summed E-state index contributed by atoms with van der Waals surface area (Å²) in [5.41, 5.74) is 0.775. The molecular weight excluding hydrogens is 272 g/mol. The Morgan fingerprint density at radius 2 is 1.67 bits per heavy atom. The van der Waals surface area contributed by atoms with Gasteiger partial charge in [-0.05, 0) is 48.8 Å². The first-order valence-corrected chi connectivity index (χ1v) is 7.72. The lowest BCUT2D eigenvalue weighted by molar-refractivity contribution is -0.147. The molecule has 1 unspecified atom stereocenters. The first-order chi connectivity index (χ1) is 9.88. The Kier molecular flexibility index (Phi) is 3.78. The number of halogens is 2. The number of hydrogen-bond donors (Lipinski definition) is 1. The van der Waals surface area contributed by atoms with Crippen LogP contribution in [0.3, 0.4) is 0 Å². The highest BCUT2D eigenvalue weighted by atomic mass is 19.1. The van der Waals surface area contributed by atoms with E-state index < -0.39 is 11.6 Å².